The number of benzene rings is 4. The van der Waals surface area contributed by atoms with E-state index in [1.165, 1.54) is 131 Å². The smallest absolute Gasteiger partial charge is 0.312 e. The monoisotopic (exact) mass is 1700 g/mol. The molecule has 123 heavy (non-hydrogen) atoms. The van der Waals surface area contributed by atoms with Crippen LogP contribution in [0.5, 0.6) is 23.0 Å². The highest BCUT2D eigenvalue weighted by Gasteiger charge is 2.63. The first-order valence-electron chi connectivity index (χ1n) is 49.5. The van der Waals surface area contributed by atoms with E-state index >= 15 is 0 Å². The molecule has 16 bridgehead atoms. The third-order valence-electron chi connectivity index (χ3n) is 34.4. The van der Waals surface area contributed by atoms with Gasteiger partial charge in [-0.05, 0) is 440 Å². The van der Waals surface area contributed by atoms with Gasteiger partial charge in [0.2, 0.25) is 0 Å². The van der Waals surface area contributed by atoms with Crippen LogP contribution in [0.1, 0.15) is 411 Å². The Bertz CT molecular complexity index is 3680. The highest BCUT2D eigenvalue weighted by Crippen LogP contribution is 2.66. The number of carbonyl (C=O) groups excluding carboxylic acids is 4. The van der Waals surface area contributed by atoms with Crippen LogP contribution in [0.4, 0.5) is 0 Å². The van der Waals surface area contributed by atoms with Gasteiger partial charge in [-0.25, -0.2) is 0 Å². The van der Waals surface area contributed by atoms with E-state index in [1.807, 2.05) is 111 Å². The summed E-state index contributed by atoms with van der Waals surface area (Å²) in [5, 5.41) is 46.7. The summed E-state index contributed by atoms with van der Waals surface area (Å²) < 4.78 is 24.5. The van der Waals surface area contributed by atoms with Crippen LogP contribution in [-0.2, 0) is 38.1 Å². The van der Waals surface area contributed by atoms with Crippen molar-refractivity contribution < 1.29 is 63.7 Å². The maximum absolute atomic E-state index is 12.6. The topological polar surface area (TPSA) is 206 Å². The van der Waals surface area contributed by atoms with Crippen molar-refractivity contribution in [2.45, 2.75) is 417 Å². The summed E-state index contributed by atoms with van der Waals surface area (Å²) in [6, 6.07) is 29.7. The molecule has 0 aromatic heterocycles. The van der Waals surface area contributed by atoms with Crippen molar-refractivity contribution in [3.8, 4) is 23.0 Å². The third-order valence-corrected chi connectivity index (χ3v) is 34.4. The Morgan fingerprint density at radius 2 is 0.602 bits per heavy atom. The number of phenolic OH excluding ortho intramolecular Hbond substituents is 4. The molecule has 13 nitrogen and oxygen atoms in total. The standard InChI is InChI=1S/C19H32O2.C18H30O2.C17H28O2.C16H26O3.4C10H14O/c1-6-17(2,3)16(20)21-18(4,5)19-10-13-7-14(11-19)9-15(8-13)12-19;1-5-17(3,4)16(19)20-18(6-2)14-8-12-7-13(10-14)11-15(18)9-12;1-5-16(2,3)15(18)19-17(4)13-7-11-6-12(9-13)10-14(17)8-11;1-4-14(2,3)13(17)19-16-8-11-5-12(9-16)7-15(18,6-11)10-16;4*1-3-8(2)9-4-6-10(11)7-5-9/h13-15H,6-12H2,1-5H3;12-15H,5-11H2,1-4H3;11-14H,5-10H2,1-4H3;11-12,18H,4-10H2,1-3H3;4*4-8,11H,3H2,1-2H3. The van der Waals surface area contributed by atoms with E-state index in [2.05, 4.69) is 104 Å². The summed E-state index contributed by atoms with van der Waals surface area (Å²) in [6.45, 7) is 50.4. The Balaban J connectivity index is 0.000000162. The number of aromatic hydroxyl groups is 4. The normalized spacial score (nSPS) is 31.9. The maximum Gasteiger partial charge on any atom is 0.312 e. The van der Waals surface area contributed by atoms with Crippen molar-refractivity contribution in [2.75, 3.05) is 0 Å². The molecule has 0 radical (unpaired) electrons. The van der Waals surface area contributed by atoms with Crippen LogP contribution in [0.2, 0.25) is 0 Å². The Kier molecular flexibility index (Phi) is 34.0. The summed E-state index contributed by atoms with van der Waals surface area (Å²) >= 11 is 0. The molecule has 6 atom stereocenters. The zero-order chi connectivity index (χ0) is 90.8. The number of hydrogen-bond donors (Lipinski definition) is 5. The zero-order valence-corrected chi connectivity index (χ0v) is 81.5. The molecule has 0 spiro atoms. The average molecular weight is 1700 g/mol. The van der Waals surface area contributed by atoms with Gasteiger partial charge >= 0.3 is 23.9 Å². The molecule has 0 heterocycles. The number of phenols is 4. The molecule has 4 aromatic carbocycles. The molecule has 13 heteroatoms. The average Bonchev–Trinajstić information content (AvgIpc) is 0.749. The molecule has 6 unspecified atom stereocenters. The van der Waals surface area contributed by atoms with Crippen LogP contribution >= 0.6 is 0 Å². The van der Waals surface area contributed by atoms with E-state index < -0.39 is 11.0 Å². The molecule has 0 amide bonds. The second-order valence-corrected chi connectivity index (χ2v) is 45.3. The lowest BCUT2D eigenvalue weighted by molar-refractivity contribution is -0.225. The minimum atomic E-state index is -0.555. The largest absolute Gasteiger partial charge is 0.508 e. The molecule has 16 saturated carbocycles. The van der Waals surface area contributed by atoms with E-state index in [1.54, 1.807) is 48.5 Å². The lowest BCUT2D eigenvalue weighted by Gasteiger charge is -2.61. The molecule has 16 fully saturated rings. The molecular formula is C110H172O13. The number of hydrogen-bond acceptors (Lipinski definition) is 13. The summed E-state index contributed by atoms with van der Waals surface area (Å²) in [7, 11) is 0. The quantitative estimate of drug-likeness (QED) is 0.0367. The zero-order valence-electron chi connectivity index (χ0n) is 81.5. The van der Waals surface area contributed by atoms with Gasteiger partial charge in [0, 0.05) is 11.8 Å². The van der Waals surface area contributed by atoms with Crippen LogP contribution in [0.3, 0.4) is 0 Å². The number of rotatable bonds is 22. The molecule has 0 saturated heterocycles. The van der Waals surface area contributed by atoms with Crippen molar-refractivity contribution in [1.82, 2.24) is 0 Å². The first kappa shape index (κ1) is 101. The molecular weight excluding hydrogens is 1530 g/mol. The highest BCUT2D eigenvalue weighted by molar-refractivity contribution is 5.78. The van der Waals surface area contributed by atoms with Gasteiger partial charge < -0.3 is 44.5 Å². The van der Waals surface area contributed by atoms with Gasteiger partial charge in [-0.15, -0.1) is 0 Å². The molecule has 690 valence electrons. The highest BCUT2D eigenvalue weighted by atomic mass is 16.6. The fourth-order valence-electron chi connectivity index (χ4n) is 24.4. The summed E-state index contributed by atoms with van der Waals surface area (Å²) in [5.74, 6) is 13.8. The van der Waals surface area contributed by atoms with Gasteiger partial charge in [-0.1, -0.05) is 139 Å². The van der Waals surface area contributed by atoms with Crippen LogP contribution < -0.4 is 0 Å². The third kappa shape index (κ3) is 24.7. The molecule has 0 aliphatic heterocycles. The fourth-order valence-corrected chi connectivity index (χ4v) is 24.4. The number of esters is 4. The fraction of sp³-hybridized carbons (Fsp3) is 0.745. The lowest BCUT2D eigenvalue weighted by atomic mass is 9.46. The van der Waals surface area contributed by atoms with E-state index in [0.717, 1.165) is 125 Å². The Morgan fingerprint density at radius 3 is 0.878 bits per heavy atom. The SMILES string of the molecule is CCC(C)(C)C(=O)OC(C)(C)C12CC3CC(CC(C3)C1)C2.CCC(C)(C)C(=O)OC1(C)C2CC3CC(C2)CC1C3.CCC(C)(C)C(=O)OC1(CC)C2CC3CC(C2)CC1C3.CCC(C)(C)C(=O)OC12CC3CC(CC(O)(C3)C1)C2.CCC(C)c1ccc(O)cc1.CCC(C)c1ccc(O)cc1.CCC(C)c1ccc(O)cc1.CCC(C)c1ccc(O)cc1. The molecule has 16 aliphatic carbocycles. The summed E-state index contributed by atoms with van der Waals surface area (Å²) in [5.41, 5.74) is 2.47. The second kappa shape index (κ2) is 41.6. The maximum atomic E-state index is 12.6. The van der Waals surface area contributed by atoms with Gasteiger partial charge in [0.1, 0.15) is 45.4 Å². The van der Waals surface area contributed by atoms with Crippen LogP contribution in [0.15, 0.2) is 97.1 Å². The molecule has 20 rings (SSSR count). The van der Waals surface area contributed by atoms with Crippen molar-refractivity contribution in [2.24, 2.45) is 104 Å². The van der Waals surface area contributed by atoms with E-state index in [-0.39, 0.29) is 67.9 Å². The second-order valence-electron chi connectivity index (χ2n) is 45.3. The van der Waals surface area contributed by atoms with Crippen molar-refractivity contribution in [3.63, 3.8) is 0 Å². The number of ether oxygens (including phenoxy) is 4. The molecule has 4 aromatic rings. The van der Waals surface area contributed by atoms with Crippen molar-refractivity contribution in [1.29, 1.82) is 0 Å². The minimum absolute atomic E-state index is 0.00857. The Labute approximate surface area is 746 Å². The predicted octanol–water partition coefficient (Wildman–Crippen LogP) is 28.4. The van der Waals surface area contributed by atoms with Gasteiger partial charge in [0.05, 0.1) is 27.3 Å². The number of aliphatic hydroxyl groups is 1. The van der Waals surface area contributed by atoms with Gasteiger partial charge in [0.15, 0.2) is 0 Å². The van der Waals surface area contributed by atoms with Crippen molar-refractivity contribution in [3.05, 3.63) is 119 Å². The molecule has 16 aliphatic rings. The van der Waals surface area contributed by atoms with Crippen LogP contribution in [0, 0.1) is 104 Å². The summed E-state index contributed by atoms with van der Waals surface area (Å²) in [6.07, 6.45) is 36.0. The summed E-state index contributed by atoms with van der Waals surface area (Å²) in [4.78, 5) is 50.1. The van der Waals surface area contributed by atoms with Crippen LogP contribution in [-0.4, -0.2) is 77.4 Å². The number of carbonyl (C=O) groups is 4. The van der Waals surface area contributed by atoms with Crippen molar-refractivity contribution >= 4 is 23.9 Å². The van der Waals surface area contributed by atoms with Gasteiger partial charge in [-0.3, -0.25) is 19.2 Å². The lowest BCUT2D eigenvalue weighted by Crippen LogP contribution is -2.61. The minimum Gasteiger partial charge on any atom is -0.508 e. The first-order chi connectivity index (χ1) is 57.6. The Morgan fingerprint density at radius 1 is 0.341 bits per heavy atom. The van der Waals surface area contributed by atoms with Gasteiger partial charge in [-0.2, -0.15) is 0 Å². The Hall–Kier alpha value is -6.08. The van der Waals surface area contributed by atoms with Crippen LogP contribution in [0.25, 0.3) is 0 Å². The molecule has 5 N–H and O–H groups in total. The van der Waals surface area contributed by atoms with E-state index in [9.17, 15) is 24.3 Å². The first-order valence-corrected chi connectivity index (χ1v) is 49.5. The van der Waals surface area contributed by atoms with Gasteiger partial charge in [0.25, 0.3) is 0 Å². The van der Waals surface area contributed by atoms with E-state index in [0.29, 0.717) is 88.6 Å². The predicted molar refractivity (Wildman–Crippen MR) is 500 cm³/mol. The van der Waals surface area contributed by atoms with E-state index in [4.69, 9.17) is 39.4 Å².